The second-order valence-electron chi connectivity index (χ2n) is 2.29. The average Bonchev–Trinajstić information content (AvgIpc) is 2.06. The van der Waals surface area contributed by atoms with Crippen LogP contribution >= 0.6 is 0 Å². The predicted octanol–water partition coefficient (Wildman–Crippen LogP) is 2.86. The first-order chi connectivity index (χ1) is 6.51. The van der Waals surface area contributed by atoms with Gasteiger partial charge in [-0.05, 0) is 30.2 Å². The fourth-order valence-electron chi connectivity index (χ4n) is 0.794. The quantitative estimate of drug-likeness (QED) is 0.504. The third kappa shape index (κ3) is 3.35. The van der Waals surface area contributed by atoms with Crippen molar-refractivity contribution in [3.05, 3.63) is 29.8 Å². The number of rotatable bonds is 1. The summed E-state index contributed by atoms with van der Waals surface area (Å²) in [6.07, 6.45) is -3.58. The van der Waals surface area contributed by atoms with Gasteiger partial charge in [0.2, 0.25) is 0 Å². The van der Waals surface area contributed by atoms with Gasteiger partial charge in [-0.1, -0.05) is 0 Å². The van der Waals surface area contributed by atoms with Gasteiger partial charge >= 0.3 is 6.36 Å². The van der Waals surface area contributed by atoms with Gasteiger partial charge in [0.25, 0.3) is 0 Å². The average molecular weight is 204 g/mol. The molecule has 1 rings (SSSR count). The lowest BCUT2D eigenvalue weighted by molar-refractivity contribution is -0.274. The molecule has 1 aromatic carbocycles. The molecule has 1 aromatic rings. The summed E-state index contributed by atoms with van der Waals surface area (Å²) < 4.78 is 50.1. The molecule has 0 N–H and O–H groups in total. The molecular formula is C9H4F4O. The summed E-state index contributed by atoms with van der Waals surface area (Å²) in [4.78, 5) is 0. The number of alkyl halides is 3. The van der Waals surface area contributed by atoms with Crippen LogP contribution in [0, 0.1) is 12.1 Å². The van der Waals surface area contributed by atoms with Gasteiger partial charge < -0.3 is 4.74 Å². The fraction of sp³-hybridized carbons (Fsp3) is 0.111. The van der Waals surface area contributed by atoms with Crippen LogP contribution in [-0.4, -0.2) is 6.36 Å². The molecule has 14 heavy (non-hydrogen) atoms. The standard InChI is InChI=1S/C9H4F4O/c10-6-5-7-1-3-8(4-2-7)14-9(11,12)13/h1-4H. The molecule has 0 amide bonds. The zero-order valence-electron chi connectivity index (χ0n) is 6.73. The molecule has 0 unspecified atom stereocenters. The van der Waals surface area contributed by atoms with Gasteiger partial charge in [-0.15, -0.1) is 17.6 Å². The minimum atomic E-state index is -4.71. The monoisotopic (exact) mass is 204 g/mol. The maximum absolute atomic E-state index is 11.7. The Morgan fingerprint density at radius 1 is 1.07 bits per heavy atom. The fourth-order valence-corrected chi connectivity index (χ4v) is 0.794. The predicted molar refractivity (Wildman–Crippen MR) is 41.1 cm³/mol. The highest BCUT2D eigenvalue weighted by atomic mass is 19.4. The van der Waals surface area contributed by atoms with Gasteiger partial charge in [0.1, 0.15) is 11.9 Å². The summed E-state index contributed by atoms with van der Waals surface area (Å²) in [6.45, 7) is 0. The van der Waals surface area contributed by atoms with Crippen LogP contribution in [0.4, 0.5) is 17.6 Å². The minimum Gasteiger partial charge on any atom is -0.406 e. The third-order valence-corrected chi connectivity index (χ3v) is 1.28. The topological polar surface area (TPSA) is 9.23 Å². The Kier molecular flexibility index (Phi) is 2.97. The molecule has 0 bridgehead atoms. The minimum absolute atomic E-state index is 0.280. The summed E-state index contributed by atoms with van der Waals surface area (Å²) in [7, 11) is 0. The van der Waals surface area contributed by atoms with Crippen LogP contribution in [0.1, 0.15) is 5.56 Å². The van der Waals surface area contributed by atoms with Crippen molar-refractivity contribution >= 4 is 0 Å². The van der Waals surface area contributed by atoms with Crippen molar-refractivity contribution in [2.75, 3.05) is 0 Å². The Morgan fingerprint density at radius 3 is 2.07 bits per heavy atom. The molecular weight excluding hydrogens is 200 g/mol. The van der Waals surface area contributed by atoms with Gasteiger partial charge in [-0.3, -0.25) is 0 Å². The van der Waals surface area contributed by atoms with Gasteiger partial charge in [0.05, 0.1) is 0 Å². The molecule has 0 spiro atoms. The summed E-state index contributed by atoms with van der Waals surface area (Å²) in [5.41, 5.74) is 0.280. The van der Waals surface area contributed by atoms with Crippen molar-refractivity contribution in [2.45, 2.75) is 6.36 Å². The van der Waals surface area contributed by atoms with Crippen LogP contribution in [0.5, 0.6) is 5.75 Å². The molecule has 1 nitrogen and oxygen atoms in total. The van der Waals surface area contributed by atoms with Crippen LogP contribution in [0.15, 0.2) is 24.3 Å². The highest BCUT2D eigenvalue weighted by Gasteiger charge is 2.30. The smallest absolute Gasteiger partial charge is 0.406 e. The van der Waals surface area contributed by atoms with Crippen molar-refractivity contribution in [3.8, 4) is 17.8 Å². The van der Waals surface area contributed by atoms with Crippen molar-refractivity contribution in [1.29, 1.82) is 0 Å². The maximum atomic E-state index is 11.7. The Hall–Kier alpha value is -1.70. The number of hydrogen-bond acceptors (Lipinski definition) is 1. The number of hydrogen-bond donors (Lipinski definition) is 0. The molecule has 0 saturated carbocycles. The normalized spacial score (nSPS) is 10.3. The van der Waals surface area contributed by atoms with E-state index in [-0.39, 0.29) is 11.3 Å². The third-order valence-electron chi connectivity index (χ3n) is 1.28. The second-order valence-corrected chi connectivity index (χ2v) is 2.29. The zero-order chi connectivity index (χ0) is 10.6. The van der Waals surface area contributed by atoms with Gasteiger partial charge in [-0.2, -0.15) is 0 Å². The summed E-state index contributed by atoms with van der Waals surface area (Å²) in [6, 6.07) is 4.58. The first-order valence-corrected chi connectivity index (χ1v) is 3.49. The molecule has 0 heterocycles. The molecule has 0 saturated heterocycles. The Labute approximate surface area is 77.3 Å². The van der Waals surface area contributed by atoms with Crippen molar-refractivity contribution in [2.24, 2.45) is 0 Å². The molecule has 0 aromatic heterocycles. The first kappa shape index (κ1) is 10.4. The Balaban J connectivity index is 2.77. The van der Waals surface area contributed by atoms with E-state index in [2.05, 4.69) is 4.74 Å². The molecule has 0 aliphatic heterocycles. The first-order valence-electron chi connectivity index (χ1n) is 3.49. The zero-order valence-corrected chi connectivity index (χ0v) is 6.73. The molecule has 0 fully saturated rings. The van der Waals surface area contributed by atoms with Crippen molar-refractivity contribution in [3.63, 3.8) is 0 Å². The van der Waals surface area contributed by atoms with E-state index in [0.717, 1.165) is 18.3 Å². The van der Waals surface area contributed by atoms with E-state index in [4.69, 9.17) is 0 Å². The van der Waals surface area contributed by atoms with E-state index in [1.54, 1.807) is 0 Å². The number of halogens is 4. The van der Waals surface area contributed by atoms with Gasteiger partial charge in [-0.25, -0.2) is 0 Å². The second kappa shape index (κ2) is 4.01. The SMILES string of the molecule is FC#Cc1ccc(OC(F)(F)F)cc1. The molecule has 0 aliphatic carbocycles. The molecule has 0 atom stereocenters. The van der Waals surface area contributed by atoms with Gasteiger partial charge in [0.15, 0.2) is 0 Å². The molecule has 74 valence electrons. The van der Waals surface area contributed by atoms with Crippen LogP contribution in [0.2, 0.25) is 0 Å². The van der Waals surface area contributed by atoms with E-state index in [1.165, 1.54) is 12.1 Å². The van der Waals surface area contributed by atoms with E-state index < -0.39 is 6.36 Å². The van der Waals surface area contributed by atoms with E-state index in [0.29, 0.717) is 0 Å². The maximum Gasteiger partial charge on any atom is 0.573 e. The Bertz CT molecular complexity index is 355. The molecule has 0 radical (unpaired) electrons. The van der Waals surface area contributed by atoms with E-state index in [9.17, 15) is 17.6 Å². The molecule has 0 aliphatic rings. The lowest BCUT2D eigenvalue weighted by Gasteiger charge is -2.07. The van der Waals surface area contributed by atoms with Crippen LogP contribution < -0.4 is 4.74 Å². The van der Waals surface area contributed by atoms with E-state index >= 15 is 0 Å². The lowest BCUT2D eigenvalue weighted by Crippen LogP contribution is -2.16. The largest absolute Gasteiger partial charge is 0.573 e. The summed E-state index contributed by atoms with van der Waals surface area (Å²) in [5, 5.41) is 0. The van der Waals surface area contributed by atoms with Crippen molar-refractivity contribution < 1.29 is 22.3 Å². The molecule has 5 heteroatoms. The highest BCUT2D eigenvalue weighted by Crippen LogP contribution is 2.22. The Morgan fingerprint density at radius 2 is 1.64 bits per heavy atom. The summed E-state index contributed by atoms with van der Waals surface area (Å²) in [5.74, 6) is 1.68. The van der Waals surface area contributed by atoms with Crippen LogP contribution in [0.3, 0.4) is 0 Å². The number of ether oxygens (including phenoxy) is 1. The van der Waals surface area contributed by atoms with Gasteiger partial charge in [0, 0.05) is 5.56 Å². The van der Waals surface area contributed by atoms with Crippen molar-refractivity contribution in [1.82, 2.24) is 0 Å². The lowest BCUT2D eigenvalue weighted by atomic mass is 10.2. The van der Waals surface area contributed by atoms with Crippen LogP contribution in [0.25, 0.3) is 0 Å². The van der Waals surface area contributed by atoms with Crippen LogP contribution in [-0.2, 0) is 0 Å². The van der Waals surface area contributed by atoms with E-state index in [1.807, 2.05) is 5.92 Å². The summed E-state index contributed by atoms with van der Waals surface area (Å²) >= 11 is 0. The number of benzene rings is 1. The highest BCUT2D eigenvalue weighted by molar-refractivity contribution is 5.37.